The molecule has 0 aliphatic carbocycles. The summed E-state index contributed by atoms with van der Waals surface area (Å²) in [7, 11) is 1.38. The number of carboxylic acids is 1. The van der Waals surface area contributed by atoms with Gasteiger partial charge in [-0.25, -0.2) is 9.78 Å². The second-order valence-corrected chi connectivity index (χ2v) is 4.16. The van der Waals surface area contributed by atoms with Crippen LogP contribution in [0.4, 0.5) is 0 Å². The summed E-state index contributed by atoms with van der Waals surface area (Å²) >= 11 is 5.75. The number of halogens is 1. The van der Waals surface area contributed by atoms with Crippen molar-refractivity contribution < 1.29 is 19.4 Å². The minimum atomic E-state index is -1.20. The molecule has 1 aromatic heterocycles. The minimum absolute atomic E-state index is 0.0586. The fraction of sp³-hybridized carbons (Fsp3) is 0.0769. The van der Waals surface area contributed by atoms with Crippen molar-refractivity contribution in [2.45, 2.75) is 0 Å². The molecule has 0 amide bonds. The molecule has 0 saturated carbocycles. The van der Waals surface area contributed by atoms with E-state index in [1.807, 2.05) is 0 Å². The topological polar surface area (TPSA) is 89.4 Å². The molecular formula is C13H9ClN2O4. The molecule has 1 aromatic carbocycles. The Morgan fingerprint density at radius 2 is 2.05 bits per heavy atom. The second-order valence-electron chi connectivity index (χ2n) is 3.76. The minimum Gasteiger partial charge on any atom is -0.478 e. The maximum absolute atomic E-state index is 12.2. The largest absolute Gasteiger partial charge is 0.478 e. The average Bonchev–Trinajstić information content (AvgIpc) is 2.46. The van der Waals surface area contributed by atoms with Crippen LogP contribution in [-0.2, 0) is 0 Å². The van der Waals surface area contributed by atoms with E-state index in [0.29, 0.717) is 0 Å². The highest BCUT2D eigenvalue weighted by molar-refractivity contribution is 6.33. The van der Waals surface area contributed by atoms with E-state index in [9.17, 15) is 9.59 Å². The van der Waals surface area contributed by atoms with Crippen LogP contribution in [0.25, 0.3) is 0 Å². The van der Waals surface area contributed by atoms with Crippen LogP contribution in [0.5, 0.6) is 6.01 Å². The number of rotatable bonds is 4. The summed E-state index contributed by atoms with van der Waals surface area (Å²) in [5, 5.41) is 9.05. The average molecular weight is 293 g/mol. The summed E-state index contributed by atoms with van der Waals surface area (Å²) in [5.74, 6) is -1.64. The number of carbonyl (C=O) groups is 2. The van der Waals surface area contributed by atoms with E-state index in [1.165, 1.54) is 37.6 Å². The van der Waals surface area contributed by atoms with E-state index >= 15 is 0 Å². The Hall–Kier alpha value is -2.47. The number of ether oxygens (including phenoxy) is 1. The SMILES string of the molecule is COc1nccc(C(=O)c2ccc(Cl)c(C(=O)O)c2)n1. The van der Waals surface area contributed by atoms with Gasteiger partial charge in [0.05, 0.1) is 17.7 Å². The maximum Gasteiger partial charge on any atom is 0.337 e. The number of benzene rings is 1. The van der Waals surface area contributed by atoms with Crippen LogP contribution in [-0.4, -0.2) is 33.9 Å². The first-order chi connectivity index (χ1) is 9.52. The highest BCUT2D eigenvalue weighted by Crippen LogP contribution is 2.19. The standard InChI is InChI=1S/C13H9ClN2O4/c1-20-13-15-5-4-10(16-13)11(17)7-2-3-9(14)8(6-7)12(18)19/h2-6H,1H3,(H,18,19). The molecular weight excluding hydrogens is 284 g/mol. The summed E-state index contributed by atoms with van der Waals surface area (Å²) < 4.78 is 4.83. The van der Waals surface area contributed by atoms with Gasteiger partial charge in [-0.05, 0) is 24.3 Å². The van der Waals surface area contributed by atoms with Crippen LogP contribution in [0.3, 0.4) is 0 Å². The summed E-state index contributed by atoms with van der Waals surface area (Å²) in [6.07, 6.45) is 1.38. The van der Waals surface area contributed by atoms with Gasteiger partial charge in [-0.2, -0.15) is 4.98 Å². The molecule has 1 N–H and O–H groups in total. The molecule has 0 spiro atoms. The van der Waals surface area contributed by atoms with E-state index in [-0.39, 0.29) is 27.9 Å². The Morgan fingerprint density at radius 3 is 2.70 bits per heavy atom. The van der Waals surface area contributed by atoms with Gasteiger partial charge in [-0.3, -0.25) is 4.79 Å². The van der Waals surface area contributed by atoms with Crippen molar-refractivity contribution >= 4 is 23.4 Å². The lowest BCUT2D eigenvalue weighted by Crippen LogP contribution is -2.08. The summed E-state index contributed by atoms with van der Waals surface area (Å²) in [6, 6.07) is 5.48. The molecule has 0 aliphatic rings. The van der Waals surface area contributed by atoms with Crippen LogP contribution >= 0.6 is 11.6 Å². The highest BCUT2D eigenvalue weighted by Gasteiger charge is 2.16. The third kappa shape index (κ3) is 2.75. The lowest BCUT2D eigenvalue weighted by molar-refractivity contribution is 0.0697. The molecule has 0 unspecified atom stereocenters. The van der Waals surface area contributed by atoms with Gasteiger partial charge in [0.2, 0.25) is 5.78 Å². The molecule has 102 valence electrons. The van der Waals surface area contributed by atoms with Crippen molar-refractivity contribution in [3.05, 3.63) is 52.3 Å². The first kappa shape index (κ1) is 14.0. The fourth-order valence-corrected chi connectivity index (χ4v) is 1.74. The van der Waals surface area contributed by atoms with Crippen molar-refractivity contribution in [2.75, 3.05) is 7.11 Å². The molecule has 6 nitrogen and oxygen atoms in total. The Kier molecular flexibility index (Phi) is 3.95. The van der Waals surface area contributed by atoms with Crippen molar-refractivity contribution in [1.82, 2.24) is 9.97 Å². The van der Waals surface area contributed by atoms with Crippen molar-refractivity contribution in [2.24, 2.45) is 0 Å². The molecule has 0 aliphatic heterocycles. The first-order valence-corrected chi connectivity index (χ1v) is 5.85. The predicted molar refractivity (Wildman–Crippen MR) is 70.4 cm³/mol. The number of hydrogen-bond donors (Lipinski definition) is 1. The van der Waals surface area contributed by atoms with Crippen molar-refractivity contribution in [1.29, 1.82) is 0 Å². The number of carboxylic acid groups (broad SMARTS) is 1. The normalized spacial score (nSPS) is 10.1. The Morgan fingerprint density at radius 1 is 1.30 bits per heavy atom. The number of hydrogen-bond acceptors (Lipinski definition) is 5. The smallest absolute Gasteiger partial charge is 0.337 e. The lowest BCUT2D eigenvalue weighted by Gasteiger charge is -2.04. The summed E-state index contributed by atoms with van der Waals surface area (Å²) in [4.78, 5) is 30.9. The van der Waals surface area contributed by atoms with Crippen LogP contribution in [0.2, 0.25) is 5.02 Å². The quantitative estimate of drug-likeness (QED) is 0.868. The van der Waals surface area contributed by atoms with E-state index < -0.39 is 11.8 Å². The molecule has 2 rings (SSSR count). The van der Waals surface area contributed by atoms with Gasteiger partial charge in [0, 0.05) is 11.8 Å². The highest BCUT2D eigenvalue weighted by atomic mass is 35.5. The molecule has 0 saturated heterocycles. The van der Waals surface area contributed by atoms with Gasteiger partial charge >= 0.3 is 12.0 Å². The number of ketones is 1. The lowest BCUT2D eigenvalue weighted by atomic mass is 10.0. The third-order valence-electron chi connectivity index (χ3n) is 2.51. The van der Waals surface area contributed by atoms with Gasteiger partial charge in [-0.15, -0.1) is 0 Å². The van der Waals surface area contributed by atoms with Crippen molar-refractivity contribution in [3.63, 3.8) is 0 Å². The van der Waals surface area contributed by atoms with Crippen LogP contribution in [0.15, 0.2) is 30.5 Å². The zero-order chi connectivity index (χ0) is 14.7. The Balaban J connectivity index is 2.43. The molecule has 0 bridgehead atoms. The molecule has 0 fully saturated rings. The van der Waals surface area contributed by atoms with Gasteiger partial charge < -0.3 is 9.84 Å². The van der Waals surface area contributed by atoms with Crippen LogP contribution < -0.4 is 4.74 Å². The van der Waals surface area contributed by atoms with E-state index in [4.69, 9.17) is 21.4 Å². The zero-order valence-electron chi connectivity index (χ0n) is 10.3. The van der Waals surface area contributed by atoms with Crippen LogP contribution in [0.1, 0.15) is 26.4 Å². The first-order valence-electron chi connectivity index (χ1n) is 5.47. The van der Waals surface area contributed by atoms with Gasteiger partial charge in [0.15, 0.2) is 0 Å². The Labute approximate surface area is 119 Å². The van der Waals surface area contributed by atoms with Gasteiger partial charge in [-0.1, -0.05) is 11.6 Å². The molecule has 20 heavy (non-hydrogen) atoms. The van der Waals surface area contributed by atoms with E-state index in [0.717, 1.165) is 0 Å². The number of nitrogens with zero attached hydrogens (tertiary/aromatic N) is 2. The molecule has 7 heteroatoms. The predicted octanol–water partition coefficient (Wildman–Crippen LogP) is 2.07. The molecule has 1 heterocycles. The van der Waals surface area contributed by atoms with Crippen molar-refractivity contribution in [3.8, 4) is 6.01 Å². The third-order valence-corrected chi connectivity index (χ3v) is 2.84. The second kappa shape index (κ2) is 5.66. The van der Waals surface area contributed by atoms with Gasteiger partial charge in [0.25, 0.3) is 0 Å². The number of methoxy groups -OCH3 is 1. The number of aromatic carboxylic acids is 1. The number of carbonyl (C=O) groups excluding carboxylic acids is 1. The fourth-order valence-electron chi connectivity index (χ4n) is 1.54. The molecule has 2 aromatic rings. The summed E-state index contributed by atoms with van der Waals surface area (Å²) in [6.45, 7) is 0. The van der Waals surface area contributed by atoms with Crippen LogP contribution in [0, 0.1) is 0 Å². The zero-order valence-corrected chi connectivity index (χ0v) is 11.1. The monoisotopic (exact) mass is 292 g/mol. The van der Waals surface area contributed by atoms with E-state index in [2.05, 4.69) is 9.97 Å². The summed E-state index contributed by atoms with van der Waals surface area (Å²) in [5.41, 5.74) is 0.140. The molecule has 0 atom stereocenters. The number of aromatic nitrogens is 2. The maximum atomic E-state index is 12.2. The van der Waals surface area contributed by atoms with Gasteiger partial charge in [0.1, 0.15) is 5.69 Å². The Bertz CT molecular complexity index is 688. The molecule has 0 radical (unpaired) electrons. The van der Waals surface area contributed by atoms with E-state index in [1.54, 1.807) is 0 Å².